The first kappa shape index (κ1) is 27.2. The standard InChI is InChI=1S/C24H31N3O3S2.ClH/c1-17(2)32(29,30)20-12-10-19(11-13-20)16-22(28)27(15-7-14-26(4)5)24-25-23-18(3)8-6-9-21(23)31-24;/h6,8-13,17H,7,14-16H2,1-5H3;1H. The summed E-state index contributed by atoms with van der Waals surface area (Å²) in [6.07, 6.45) is 1.03. The summed E-state index contributed by atoms with van der Waals surface area (Å²) >= 11 is 1.53. The summed E-state index contributed by atoms with van der Waals surface area (Å²) in [7, 11) is 0.699. The molecule has 0 saturated heterocycles. The molecule has 0 unspecified atom stereocenters. The Morgan fingerprint density at radius 2 is 1.73 bits per heavy atom. The van der Waals surface area contributed by atoms with E-state index < -0.39 is 15.1 Å². The summed E-state index contributed by atoms with van der Waals surface area (Å²) in [5.41, 5.74) is 2.81. The van der Waals surface area contributed by atoms with Gasteiger partial charge in [0.2, 0.25) is 5.91 Å². The van der Waals surface area contributed by atoms with E-state index in [0.29, 0.717) is 11.7 Å². The van der Waals surface area contributed by atoms with Crippen molar-refractivity contribution in [1.82, 2.24) is 9.88 Å². The maximum absolute atomic E-state index is 13.3. The fourth-order valence-electron chi connectivity index (χ4n) is 3.40. The minimum Gasteiger partial charge on any atom is -0.309 e. The molecule has 0 aliphatic heterocycles. The molecule has 0 N–H and O–H groups in total. The van der Waals surface area contributed by atoms with Crippen LogP contribution in [0.5, 0.6) is 0 Å². The zero-order chi connectivity index (χ0) is 23.5. The SMILES string of the molecule is Cc1cccc2sc(N(CCCN(C)C)C(=O)Cc3ccc(S(=O)(=O)C(C)C)cc3)nc12.Cl. The normalized spacial score (nSPS) is 11.7. The predicted octanol–water partition coefficient (Wildman–Crippen LogP) is 4.74. The van der Waals surface area contributed by atoms with Crippen LogP contribution >= 0.6 is 23.7 Å². The van der Waals surface area contributed by atoms with Crippen LogP contribution in [0, 0.1) is 6.92 Å². The molecule has 0 radical (unpaired) electrons. The third-order valence-corrected chi connectivity index (χ3v) is 8.57. The third-order valence-electron chi connectivity index (χ3n) is 5.36. The molecule has 180 valence electrons. The van der Waals surface area contributed by atoms with Crippen molar-refractivity contribution in [1.29, 1.82) is 0 Å². The largest absolute Gasteiger partial charge is 0.309 e. The summed E-state index contributed by atoms with van der Waals surface area (Å²) in [6, 6.07) is 12.7. The first-order valence-corrected chi connectivity index (χ1v) is 13.1. The second-order valence-corrected chi connectivity index (χ2v) is 12.0. The van der Waals surface area contributed by atoms with Gasteiger partial charge in [-0.05, 0) is 77.2 Å². The zero-order valence-electron chi connectivity index (χ0n) is 19.7. The summed E-state index contributed by atoms with van der Waals surface area (Å²) in [5.74, 6) is -0.0417. The molecular formula is C24H32ClN3O3S2. The average molecular weight is 510 g/mol. The Hall–Kier alpha value is -2.00. The molecule has 0 bridgehead atoms. The predicted molar refractivity (Wildman–Crippen MR) is 140 cm³/mol. The van der Waals surface area contributed by atoms with Crippen LogP contribution in [-0.2, 0) is 21.1 Å². The van der Waals surface area contributed by atoms with Crippen molar-refractivity contribution in [2.45, 2.75) is 43.8 Å². The minimum atomic E-state index is -3.33. The number of carbonyl (C=O) groups is 1. The molecular weight excluding hydrogens is 478 g/mol. The number of para-hydroxylation sites is 1. The van der Waals surface area contributed by atoms with Crippen LogP contribution in [-0.4, -0.2) is 56.6 Å². The third kappa shape index (κ3) is 6.53. The highest BCUT2D eigenvalue weighted by atomic mass is 35.5. The van der Waals surface area contributed by atoms with Gasteiger partial charge in [-0.15, -0.1) is 12.4 Å². The van der Waals surface area contributed by atoms with E-state index >= 15 is 0 Å². The van der Waals surface area contributed by atoms with Crippen LogP contribution in [0.25, 0.3) is 10.2 Å². The molecule has 6 nitrogen and oxygen atoms in total. The Morgan fingerprint density at radius 3 is 2.30 bits per heavy atom. The van der Waals surface area contributed by atoms with E-state index in [4.69, 9.17) is 4.98 Å². The number of aryl methyl sites for hydroxylation is 1. The van der Waals surface area contributed by atoms with Crippen LogP contribution in [0.1, 0.15) is 31.4 Å². The van der Waals surface area contributed by atoms with E-state index in [-0.39, 0.29) is 29.6 Å². The van der Waals surface area contributed by atoms with Gasteiger partial charge in [-0.1, -0.05) is 35.6 Å². The van der Waals surface area contributed by atoms with Crippen LogP contribution in [0.4, 0.5) is 5.13 Å². The Morgan fingerprint density at radius 1 is 1.06 bits per heavy atom. The monoisotopic (exact) mass is 509 g/mol. The maximum Gasteiger partial charge on any atom is 0.233 e. The molecule has 0 aliphatic rings. The van der Waals surface area contributed by atoms with E-state index in [0.717, 1.165) is 34.3 Å². The number of anilines is 1. The van der Waals surface area contributed by atoms with Gasteiger partial charge in [0, 0.05) is 6.54 Å². The highest BCUT2D eigenvalue weighted by Gasteiger charge is 2.22. The molecule has 0 saturated carbocycles. The second-order valence-electron chi connectivity index (χ2n) is 8.53. The average Bonchev–Trinajstić information content (AvgIpc) is 3.16. The van der Waals surface area contributed by atoms with Gasteiger partial charge in [0.25, 0.3) is 0 Å². The van der Waals surface area contributed by atoms with Gasteiger partial charge in [0.15, 0.2) is 15.0 Å². The summed E-state index contributed by atoms with van der Waals surface area (Å²) in [5, 5.41) is 0.224. The van der Waals surface area contributed by atoms with Gasteiger partial charge in [-0.25, -0.2) is 13.4 Å². The number of thiazole rings is 1. The summed E-state index contributed by atoms with van der Waals surface area (Å²) in [4.78, 5) is 22.2. The van der Waals surface area contributed by atoms with Crippen molar-refractivity contribution in [3.8, 4) is 0 Å². The molecule has 0 atom stereocenters. The number of amides is 1. The van der Waals surface area contributed by atoms with Crippen LogP contribution in [0.2, 0.25) is 0 Å². The molecule has 3 rings (SSSR count). The number of hydrogen-bond donors (Lipinski definition) is 0. The molecule has 2 aromatic carbocycles. The maximum atomic E-state index is 13.3. The number of aromatic nitrogens is 1. The molecule has 3 aromatic rings. The van der Waals surface area contributed by atoms with Gasteiger partial charge in [0.1, 0.15) is 0 Å². The van der Waals surface area contributed by atoms with E-state index in [1.807, 2.05) is 39.2 Å². The number of nitrogens with zero attached hydrogens (tertiary/aromatic N) is 3. The first-order valence-electron chi connectivity index (χ1n) is 10.7. The molecule has 1 aromatic heterocycles. The zero-order valence-corrected chi connectivity index (χ0v) is 22.2. The van der Waals surface area contributed by atoms with Gasteiger partial charge >= 0.3 is 0 Å². The van der Waals surface area contributed by atoms with Crippen LogP contribution in [0.3, 0.4) is 0 Å². The smallest absolute Gasteiger partial charge is 0.233 e. The molecule has 9 heteroatoms. The molecule has 33 heavy (non-hydrogen) atoms. The number of halogens is 1. The highest BCUT2D eigenvalue weighted by Crippen LogP contribution is 2.31. The molecule has 1 amide bonds. The fourth-order valence-corrected chi connectivity index (χ4v) is 5.55. The minimum absolute atomic E-state index is 0. The second kappa shape index (κ2) is 11.4. The van der Waals surface area contributed by atoms with Crippen molar-refractivity contribution in [3.05, 3.63) is 53.6 Å². The van der Waals surface area contributed by atoms with Crippen LogP contribution in [0.15, 0.2) is 47.4 Å². The van der Waals surface area contributed by atoms with Gasteiger partial charge in [-0.2, -0.15) is 0 Å². The van der Waals surface area contributed by atoms with Gasteiger partial charge in [0.05, 0.1) is 26.8 Å². The molecule has 0 aliphatic carbocycles. The Balaban J connectivity index is 0.00000385. The van der Waals surface area contributed by atoms with Gasteiger partial charge in [-0.3, -0.25) is 9.69 Å². The topological polar surface area (TPSA) is 70.6 Å². The lowest BCUT2D eigenvalue weighted by atomic mass is 10.1. The summed E-state index contributed by atoms with van der Waals surface area (Å²) in [6.45, 7) is 6.80. The Kier molecular flexibility index (Phi) is 9.43. The number of benzene rings is 2. The lowest BCUT2D eigenvalue weighted by Crippen LogP contribution is -2.34. The van der Waals surface area contributed by atoms with Gasteiger partial charge < -0.3 is 4.90 Å². The lowest BCUT2D eigenvalue weighted by Gasteiger charge is -2.21. The molecule has 0 fully saturated rings. The van der Waals surface area contributed by atoms with Crippen LogP contribution < -0.4 is 4.90 Å². The number of sulfone groups is 1. The van der Waals surface area contributed by atoms with E-state index in [2.05, 4.69) is 4.90 Å². The number of fused-ring (bicyclic) bond motifs is 1. The van der Waals surface area contributed by atoms with Crippen molar-refractivity contribution in [3.63, 3.8) is 0 Å². The van der Waals surface area contributed by atoms with E-state index in [1.54, 1.807) is 43.0 Å². The first-order chi connectivity index (χ1) is 15.1. The molecule has 1 heterocycles. The Labute approximate surface area is 207 Å². The Bertz CT molecular complexity index is 1190. The van der Waals surface area contributed by atoms with Crippen molar-refractivity contribution in [2.75, 3.05) is 32.1 Å². The highest BCUT2D eigenvalue weighted by molar-refractivity contribution is 7.92. The summed E-state index contributed by atoms with van der Waals surface area (Å²) < 4.78 is 25.8. The lowest BCUT2D eigenvalue weighted by molar-refractivity contribution is -0.118. The number of hydrogen-bond acceptors (Lipinski definition) is 6. The number of rotatable bonds is 9. The van der Waals surface area contributed by atoms with Crippen molar-refractivity contribution in [2.24, 2.45) is 0 Å². The number of carbonyl (C=O) groups excluding carboxylic acids is 1. The quantitative estimate of drug-likeness (QED) is 0.417. The molecule has 0 spiro atoms. The van der Waals surface area contributed by atoms with E-state index in [1.165, 1.54) is 11.3 Å². The van der Waals surface area contributed by atoms with E-state index in [9.17, 15) is 13.2 Å². The van der Waals surface area contributed by atoms with Crippen molar-refractivity contribution < 1.29 is 13.2 Å². The van der Waals surface area contributed by atoms with Crippen molar-refractivity contribution >= 4 is 54.8 Å². The fraction of sp³-hybridized carbons (Fsp3) is 0.417.